The molecule has 0 aromatic carbocycles. The average Bonchev–Trinajstić information content (AvgIpc) is 2.62. The molecule has 2 heterocycles. The van der Waals surface area contributed by atoms with E-state index in [0.717, 1.165) is 6.29 Å². The van der Waals surface area contributed by atoms with Gasteiger partial charge in [-0.2, -0.15) is 5.26 Å². The van der Waals surface area contributed by atoms with E-state index in [1.807, 2.05) is 6.07 Å². The van der Waals surface area contributed by atoms with E-state index in [-0.39, 0.29) is 0 Å². The quantitative estimate of drug-likeness (QED) is 0.697. The highest BCUT2D eigenvalue weighted by Gasteiger charge is 2.09. The second-order valence-corrected chi connectivity index (χ2v) is 4.04. The molecule has 0 N–H and O–H groups in total. The van der Waals surface area contributed by atoms with Gasteiger partial charge in [0.1, 0.15) is 6.07 Å². The van der Waals surface area contributed by atoms with Crippen molar-refractivity contribution < 1.29 is 4.79 Å². The summed E-state index contributed by atoms with van der Waals surface area (Å²) in [4.78, 5) is 15.1. The fraction of sp³-hybridized carbons (Fsp3) is 0. The van der Waals surface area contributed by atoms with E-state index in [9.17, 15) is 4.79 Å². The summed E-state index contributed by atoms with van der Waals surface area (Å²) in [5.41, 5.74) is 0.986. The van der Waals surface area contributed by atoms with Crippen LogP contribution >= 0.6 is 22.9 Å². The zero-order valence-electron chi connectivity index (χ0n) is 6.82. The number of nitrogens with zero attached hydrogens (tertiary/aromatic N) is 2. The van der Waals surface area contributed by atoms with Crippen LogP contribution in [0.15, 0.2) is 12.3 Å². The van der Waals surface area contributed by atoms with Crippen molar-refractivity contribution in [3.8, 4) is 6.07 Å². The first-order valence-electron chi connectivity index (χ1n) is 3.69. The Morgan fingerprint density at radius 1 is 1.64 bits per heavy atom. The Morgan fingerprint density at radius 2 is 2.43 bits per heavy atom. The molecule has 0 bridgehead atoms. The number of fused-ring (bicyclic) bond motifs is 1. The zero-order valence-corrected chi connectivity index (χ0v) is 8.39. The predicted molar refractivity (Wildman–Crippen MR) is 54.7 cm³/mol. The molecule has 0 saturated carbocycles. The van der Waals surface area contributed by atoms with Gasteiger partial charge in [-0.15, -0.1) is 11.3 Å². The molecule has 0 saturated heterocycles. The van der Waals surface area contributed by atoms with Gasteiger partial charge in [-0.1, -0.05) is 11.6 Å². The van der Waals surface area contributed by atoms with E-state index in [1.165, 1.54) is 17.5 Å². The van der Waals surface area contributed by atoms with Gasteiger partial charge in [-0.3, -0.25) is 9.78 Å². The summed E-state index contributed by atoms with van der Waals surface area (Å²) in [7, 11) is 0. The molecular formula is C9H3ClN2OS. The second-order valence-electron chi connectivity index (χ2n) is 2.58. The topological polar surface area (TPSA) is 53.8 Å². The minimum absolute atomic E-state index is 0.332. The van der Waals surface area contributed by atoms with Crippen molar-refractivity contribution >= 4 is 39.4 Å². The summed E-state index contributed by atoms with van der Waals surface area (Å²) >= 11 is 7.18. The van der Waals surface area contributed by atoms with Crippen LogP contribution < -0.4 is 0 Å². The summed E-state index contributed by atoms with van der Waals surface area (Å²) in [6.45, 7) is 0. The van der Waals surface area contributed by atoms with E-state index in [1.54, 1.807) is 6.07 Å². The molecule has 0 aliphatic carbocycles. The fourth-order valence-corrected chi connectivity index (χ4v) is 2.28. The lowest BCUT2D eigenvalue weighted by Gasteiger charge is -1.93. The van der Waals surface area contributed by atoms with Crippen LogP contribution in [0.1, 0.15) is 15.2 Å². The minimum atomic E-state index is 0.332. The van der Waals surface area contributed by atoms with E-state index in [2.05, 4.69) is 4.98 Å². The molecule has 0 amide bonds. The molecule has 0 atom stereocenters. The van der Waals surface area contributed by atoms with Crippen LogP contribution in [-0.4, -0.2) is 11.3 Å². The van der Waals surface area contributed by atoms with E-state index in [0.29, 0.717) is 25.7 Å². The van der Waals surface area contributed by atoms with Crippen molar-refractivity contribution in [2.24, 2.45) is 0 Å². The van der Waals surface area contributed by atoms with Crippen LogP contribution in [0, 0.1) is 11.3 Å². The van der Waals surface area contributed by atoms with Gasteiger partial charge in [0.2, 0.25) is 0 Å². The second kappa shape index (κ2) is 3.37. The SMILES string of the molecule is N#Cc1cnc2cc(C=O)sc2c1Cl. The summed E-state index contributed by atoms with van der Waals surface area (Å²) in [5.74, 6) is 0. The first-order valence-corrected chi connectivity index (χ1v) is 4.89. The number of carbonyl (C=O) groups is 1. The number of rotatable bonds is 1. The first kappa shape index (κ1) is 9.13. The molecule has 68 valence electrons. The van der Waals surface area contributed by atoms with Gasteiger partial charge in [0.25, 0.3) is 0 Å². The third-order valence-corrected chi connectivity index (χ3v) is 3.31. The van der Waals surface area contributed by atoms with Gasteiger partial charge >= 0.3 is 0 Å². The maximum Gasteiger partial charge on any atom is 0.160 e. The molecule has 0 aliphatic heterocycles. The number of halogens is 1. The molecule has 0 radical (unpaired) electrons. The van der Waals surface area contributed by atoms with Crippen molar-refractivity contribution in [1.82, 2.24) is 4.98 Å². The lowest BCUT2D eigenvalue weighted by Crippen LogP contribution is -1.79. The largest absolute Gasteiger partial charge is 0.297 e. The average molecular weight is 223 g/mol. The molecule has 3 nitrogen and oxygen atoms in total. The first-order chi connectivity index (χ1) is 6.76. The Kier molecular flexibility index (Phi) is 2.20. The molecule has 14 heavy (non-hydrogen) atoms. The smallest absolute Gasteiger partial charge is 0.160 e. The summed E-state index contributed by atoms with van der Waals surface area (Å²) < 4.78 is 0.688. The van der Waals surface area contributed by atoms with E-state index < -0.39 is 0 Å². The number of carbonyl (C=O) groups excluding carboxylic acids is 1. The molecule has 0 aliphatic rings. The maximum absolute atomic E-state index is 10.5. The number of hydrogen-bond acceptors (Lipinski definition) is 4. The number of nitriles is 1. The third kappa shape index (κ3) is 1.27. The Balaban J connectivity index is 2.83. The maximum atomic E-state index is 10.5. The predicted octanol–water partition coefficient (Wildman–Crippen LogP) is 2.63. The standard InChI is InChI=1S/C9H3ClN2OS/c10-8-5(2-11)3-12-7-1-6(4-13)14-9(7)8/h1,3-4H. The zero-order chi connectivity index (χ0) is 10.1. The number of aldehydes is 1. The molecular weight excluding hydrogens is 220 g/mol. The fourth-order valence-electron chi connectivity index (χ4n) is 1.10. The van der Waals surface area contributed by atoms with Gasteiger partial charge in [0.05, 0.1) is 25.7 Å². The normalized spacial score (nSPS) is 10.0. The van der Waals surface area contributed by atoms with Crippen molar-refractivity contribution in [2.75, 3.05) is 0 Å². The molecule has 5 heteroatoms. The Bertz CT molecular complexity index is 556. The van der Waals surface area contributed by atoms with Gasteiger partial charge in [-0.05, 0) is 6.07 Å². The van der Waals surface area contributed by atoms with Crippen molar-refractivity contribution in [3.05, 3.63) is 27.7 Å². The Morgan fingerprint density at radius 3 is 3.07 bits per heavy atom. The third-order valence-electron chi connectivity index (χ3n) is 1.74. The van der Waals surface area contributed by atoms with Crippen LogP contribution in [-0.2, 0) is 0 Å². The number of hydrogen-bond donors (Lipinski definition) is 0. The Hall–Kier alpha value is -1.44. The van der Waals surface area contributed by atoms with Gasteiger partial charge in [0, 0.05) is 6.20 Å². The van der Waals surface area contributed by atoms with Crippen LogP contribution in [0.4, 0.5) is 0 Å². The van der Waals surface area contributed by atoms with Gasteiger partial charge in [-0.25, -0.2) is 0 Å². The van der Waals surface area contributed by atoms with Crippen LogP contribution in [0.25, 0.3) is 10.2 Å². The minimum Gasteiger partial charge on any atom is -0.297 e. The highest BCUT2D eigenvalue weighted by Crippen LogP contribution is 2.31. The molecule has 0 spiro atoms. The van der Waals surface area contributed by atoms with Gasteiger partial charge < -0.3 is 0 Å². The molecule has 0 fully saturated rings. The number of aromatic nitrogens is 1. The molecule has 2 aromatic rings. The number of thiophene rings is 1. The van der Waals surface area contributed by atoms with Crippen molar-refractivity contribution in [2.45, 2.75) is 0 Å². The molecule has 2 aromatic heterocycles. The van der Waals surface area contributed by atoms with Gasteiger partial charge in [0.15, 0.2) is 6.29 Å². The number of pyridine rings is 1. The highest BCUT2D eigenvalue weighted by molar-refractivity contribution is 7.21. The molecule has 2 rings (SSSR count). The lowest BCUT2D eigenvalue weighted by molar-refractivity contribution is 0.112. The van der Waals surface area contributed by atoms with Crippen LogP contribution in [0.2, 0.25) is 5.02 Å². The van der Waals surface area contributed by atoms with Crippen LogP contribution in [0.3, 0.4) is 0 Å². The summed E-state index contributed by atoms with van der Waals surface area (Å²) in [5, 5.41) is 9.07. The summed E-state index contributed by atoms with van der Waals surface area (Å²) in [6.07, 6.45) is 2.15. The summed E-state index contributed by atoms with van der Waals surface area (Å²) in [6, 6.07) is 3.59. The highest BCUT2D eigenvalue weighted by atomic mass is 35.5. The van der Waals surface area contributed by atoms with E-state index in [4.69, 9.17) is 16.9 Å². The lowest BCUT2D eigenvalue weighted by atomic mass is 10.3. The van der Waals surface area contributed by atoms with E-state index >= 15 is 0 Å². The Labute approximate surface area is 88.6 Å². The molecule has 0 unspecified atom stereocenters. The monoisotopic (exact) mass is 222 g/mol. The van der Waals surface area contributed by atoms with Crippen molar-refractivity contribution in [3.63, 3.8) is 0 Å². The van der Waals surface area contributed by atoms with Crippen molar-refractivity contribution in [1.29, 1.82) is 5.26 Å². The van der Waals surface area contributed by atoms with Crippen LogP contribution in [0.5, 0.6) is 0 Å².